The van der Waals surface area contributed by atoms with Gasteiger partial charge in [-0.2, -0.15) is 0 Å². The number of rotatable bonds is 4. The van der Waals surface area contributed by atoms with Crippen molar-refractivity contribution in [2.24, 2.45) is 0 Å². The second-order valence-corrected chi connectivity index (χ2v) is 7.01. The van der Waals surface area contributed by atoms with Gasteiger partial charge < -0.3 is 10.1 Å². The van der Waals surface area contributed by atoms with Crippen molar-refractivity contribution in [1.82, 2.24) is 5.32 Å². The monoisotopic (exact) mass is 379 g/mol. The number of hydrogen-bond donors (Lipinski definition) is 1. The molecule has 1 aliphatic rings. The van der Waals surface area contributed by atoms with Gasteiger partial charge in [0, 0.05) is 11.1 Å². The zero-order valence-electron chi connectivity index (χ0n) is 12.2. The molecule has 3 nitrogen and oxygen atoms in total. The van der Waals surface area contributed by atoms with Crippen molar-refractivity contribution >= 4 is 51.9 Å². The molecule has 0 radical (unpaired) electrons. The molecule has 1 fully saturated rings. The lowest BCUT2D eigenvalue weighted by molar-refractivity contribution is -0.115. The van der Waals surface area contributed by atoms with Gasteiger partial charge in [-0.1, -0.05) is 59.8 Å². The van der Waals surface area contributed by atoms with Gasteiger partial charge in [0.25, 0.3) is 5.91 Å². The van der Waals surface area contributed by atoms with E-state index in [4.69, 9.17) is 28.6 Å². The van der Waals surface area contributed by atoms with Crippen LogP contribution in [0.4, 0.5) is 4.39 Å². The topological polar surface area (TPSA) is 38.3 Å². The Hall–Kier alpha value is -1.89. The van der Waals surface area contributed by atoms with Gasteiger partial charge in [-0.05, 0) is 24.3 Å². The normalized spacial score (nSPS) is 15.7. The zero-order valence-corrected chi connectivity index (χ0v) is 14.6. The van der Waals surface area contributed by atoms with E-state index in [1.165, 1.54) is 17.8 Å². The molecule has 1 N–H and O–H groups in total. The predicted molar refractivity (Wildman–Crippen MR) is 98.5 cm³/mol. The fourth-order valence-electron chi connectivity index (χ4n) is 2.11. The quantitative estimate of drug-likeness (QED) is 0.625. The van der Waals surface area contributed by atoms with Crippen LogP contribution in [0.5, 0.6) is 5.75 Å². The molecule has 0 aromatic heterocycles. The summed E-state index contributed by atoms with van der Waals surface area (Å²) in [7, 11) is 0. The molecule has 1 aliphatic heterocycles. The number of ether oxygens (including phenoxy) is 1. The lowest BCUT2D eigenvalue weighted by Crippen LogP contribution is -2.17. The molecule has 0 unspecified atom stereocenters. The van der Waals surface area contributed by atoms with Crippen molar-refractivity contribution in [1.29, 1.82) is 0 Å². The number of para-hydroxylation sites is 1. The summed E-state index contributed by atoms with van der Waals surface area (Å²) >= 11 is 12.2. The molecule has 2 aromatic rings. The minimum absolute atomic E-state index is 0.0105. The predicted octanol–water partition coefficient (Wildman–Crippen LogP) is 4.55. The lowest BCUT2D eigenvalue weighted by atomic mass is 10.1. The van der Waals surface area contributed by atoms with Crippen LogP contribution in [-0.4, -0.2) is 10.2 Å². The summed E-state index contributed by atoms with van der Waals surface area (Å²) in [4.78, 5) is 12.3. The molecule has 0 spiro atoms. The molecule has 3 rings (SSSR count). The maximum Gasteiger partial charge on any atom is 0.263 e. The van der Waals surface area contributed by atoms with E-state index in [0.717, 1.165) is 0 Å². The number of hydrogen-bond acceptors (Lipinski definition) is 4. The minimum atomic E-state index is -0.422. The van der Waals surface area contributed by atoms with Crippen LogP contribution in [0.15, 0.2) is 47.4 Å². The summed E-state index contributed by atoms with van der Waals surface area (Å²) in [5.41, 5.74) is 0.989. The van der Waals surface area contributed by atoms with Gasteiger partial charge >= 0.3 is 0 Å². The van der Waals surface area contributed by atoms with Crippen molar-refractivity contribution in [3.8, 4) is 5.75 Å². The molecule has 0 aliphatic carbocycles. The highest BCUT2D eigenvalue weighted by molar-refractivity contribution is 8.26. The summed E-state index contributed by atoms with van der Waals surface area (Å²) in [5.74, 6) is -0.137. The van der Waals surface area contributed by atoms with Gasteiger partial charge in [-0.15, -0.1) is 0 Å². The molecule has 0 atom stereocenters. The van der Waals surface area contributed by atoms with E-state index < -0.39 is 5.82 Å². The van der Waals surface area contributed by atoms with Crippen LogP contribution < -0.4 is 10.1 Å². The SMILES string of the molecule is O=C1NC(=S)S/C1=C/c1ccccc1OCc1c(F)cccc1Cl. The second-order valence-electron chi connectivity index (χ2n) is 4.88. The summed E-state index contributed by atoms with van der Waals surface area (Å²) in [6.45, 7) is -0.0105. The van der Waals surface area contributed by atoms with Crippen LogP contribution in [-0.2, 0) is 11.4 Å². The number of nitrogens with one attached hydrogen (secondary N) is 1. The van der Waals surface area contributed by atoms with Crippen molar-refractivity contribution in [2.75, 3.05) is 0 Å². The number of carbonyl (C=O) groups is 1. The van der Waals surface area contributed by atoms with Gasteiger partial charge in [-0.25, -0.2) is 4.39 Å². The Morgan fingerprint density at radius 3 is 2.75 bits per heavy atom. The third kappa shape index (κ3) is 3.77. The first-order valence-electron chi connectivity index (χ1n) is 6.94. The van der Waals surface area contributed by atoms with E-state index in [9.17, 15) is 9.18 Å². The molecule has 24 heavy (non-hydrogen) atoms. The second kappa shape index (κ2) is 7.34. The number of thioether (sulfide) groups is 1. The van der Waals surface area contributed by atoms with Crippen LogP contribution in [0.25, 0.3) is 6.08 Å². The van der Waals surface area contributed by atoms with Gasteiger partial charge in [-0.3, -0.25) is 4.79 Å². The highest BCUT2D eigenvalue weighted by atomic mass is 35.5. The molecule has 7 heteroatoms. The molecule has 1 heterocycles. The number of carbonyl (C=O) groups excluding carboxylic acids is 1. The number of halogens is 2. The van der Waals surface area contributed by atoms with E-state index in [-0.39, 0.29) is 18.1 Å². The Kier molecular flexibility index (Phi) is 5.18. The molecular formula is C17H11ClFNO2S2. The maximum atomic E-state index is 13.8. The Balaban J connectivity index is 1.84. The van der Waals surface area contributed by atoms with Gasteiger partial charge in [0.2, 0.25) is 0 Å². The summed E-state index contributed by atoms with van der Waals surface area (Å²) in [6.07, 6.45) is 1.69. The Morgan fingerprint density at radius 1 is 1.25 bits per heavy atom. The standard InChI is InChI=1S/C17H11ClFNO2S2/c18-12-5-3-6-13(19)11(12)9-22-14-7-2-1-4-10(14)8-15-16(21)20-17(23)24-15/h1-8H,9H2,(H,20,21,23)/b15-8+. The fraction of sp³-hybridized carbons (Fsp3) is 0.0588. The smallest absolute Gasteiger partial charge is 0.263 e. The third-order valence-corrected chi connectivity index (χ3v) is 4.80. The number of benzene rings is 2. The molecule has 1 amide bonds. The maximum absolute atomic E-state index is 13.8. The number of thiocarbonyl (C=S) groups is 1. The van der Waals surface area contributed by atoms with Crippen LogP contribution in [0.2, 0.25) is 5.02 Å². The summed E-state index contributed by atoms with van der Waals surface area (Å²) < 4.78 is 20.0. The van der Waals surface area contributed by atoms with Crippen molar-refractivity contribution in [2.45, 2.75) is 6.61 Å². The average molecular weight is 380 g/mol. The lowest BCUT2D eigenvalue weighted by Gasteiger charge is -2.11. The van der Waals surface area contributed by atoms with E-state index in [1.807, 2.05) is 6.07 Å². The molecule has 122 valence electrons. The first-order valence-corrected chi connectivity index (χ1v) is 8.54. The van der Waals surface area contributed by atoms with Crippen molar-refractivity contribution in [3.63, 3.8) is 0 Å². The largest absolute Gasteiger partial charge is 0.488 e. The minimum Gasteiger partial charge on any atom is -0.488 e. The fourth-order valence-corrected chi connectivity index (χ4v) is 3.37. The van der Waals surface area contributed by atoms with Crippen molar-refractivity contribution < 1.29 is 13.9 Å². The average Bonchev–Trinajstić information content (AvgIpc) is 2.86. The Labute approximate surface area is 152 Å². The first kappa shape index (κ1) is 17.0. The first-order chi connectivity index (χ1) is 11.5. The van der Waals surface area contributed by atoms with Crippen LogP contribution in [0, 0.1) is 5.82 Å². The van der Waals surface area contributed by atoms with E-state index in [2.05, 4.69) is 5.32 Å². The molecule has 1 saturated heterocycles. The summed E-state index contributed by atoms with van der Waals surface area (Å²) in [6, 6.07) is 11.7. The van der Waals surface area contributed by atoms with Gasteiger partial charge in [0.05, 0.1) is 9.93 Å². The van der Waals surface area contributed by atoms with Gasteiger partial charge in [0.15, 0.2) is 0 Å². The Morgan fingerprint density at radius 2 is 2.04 bits per heavy atom. The Bertz CT molecular complexity index is 834. The third-order valence-electron chi connectivity index (χ3n) is 3.28. The van der Waals surface area contributed by atoms with Crippen molar-refractivity contribution in [3.05, 3.63) is 69.3 Å². The highest BCUT2D eigenvalue weighted by Gasteiger charge is 2.22. The summed E-state index contributed by atoms with van der Waals surface area (Å²) in [5, 5.41) is 2.87. The van der Waals surface area contributed by atoms with E-state index in [0.29, 0.717) is 25.6 Å². The highest BCUT2D eigenvalue weighted by Crippen LogP contribution is 2.30. The van der Waals surface area contributed by atoms with E-state index >= 15 is 0 Å². The zero-order chi connectivity index (χ0) is 17.1. The van der Waals surface area contributed by atoms with Crippen LogP contribution in [0.1, 0.15) is 11.1 Å². The van der Waals surface area contributed by atoms with Crippen LogP contribution in [0.3, 0.4) is 0 Å². The molecule has 0 bridgehead atoms. The van der Waals surface area contributed by atoms with Gasteiger partial charge in [0.1, 0.15) is 22.5 Å². The number of amides is 1. The molecule has 0 saturated carbocycles. The van der Waals surface area contributed by atoms with Crippen LogP contribution >= 0.6 is 35.6 Å². The van der Waals surface area contributed by atoms with E-state index in [1.54, 1.807) is 36.4 Å². The molecule has 2 aromatic carbocycles. The molecular weight excluding hydrogens is 369 g/mol.